The number of nitrogens with zero attached hydrogens (tertiary/aromatic N) is 4. The van der Waals surface area contributed by atoms with Crippen LogP contribution in [0.15, 0.2) is 40.9 Å². The van der Waals surface area contributed by atoms with E-state index in [1.54, 1.807) is 6.07 Å². The Morgan fingerprint density at radius 1 is 1.00 bits per heavy atom. The zero-order valence-corrected chi connectivity index (χ0v) is 17.6. The number of aromatic nitrogens is 4. The Bertz CT molecular complexity index is 1270. The van der Waals surface area contributed by atoms with E-state index in [0.717, 1.165) is 71.2 Å². The van der Waals surface area contributed by atoms with E-state index >= 15 is 0 Å². The van der Waals surface area contributed by atoms with E-state index in [2.05, 4.69) is 31.3 Å². The number of nitrogens with one attached hydrogen (secondary N) is 1. The van der Waals surface area contributed by atoms with Crippen LogP contribution in [0, 0.1) is 5.82 Å². The van der Waals surface area contributed by atoms with E-state index in [9.17, 15) is 4.39 Å². The minimum atomic E-state index is -0.260. The van der Waals surface area contributed by atoms with Gasteiger partial charge in [0.15, 0.2) is 11.4 Å². The van der Waals surface area contributed by atoms with Gasteiger partial charge in [0.05, 0.1) is 17.9 Å². The van der Waals surface area contributed by atoms with E-state index in [0.29, 0.717) is 18.0 Å². The Labute approximate surface area is 183 Å². The van der Waals surface area contributed by atoms with Crippen LogP contribution in [-0.2, 0) is 13.1 Å². The summed E-state index contributed by atoms with van der Waals surface area (Å²) in [6.07, 6.45) is 3.86. The molecule has 0 atom stereocenters. The van der Waals surface area contributed by atoms with E-state index < -0.39 is 0 Å². The van der Waals surface area contributed by atoms with Crippen LogP contribution in [0.25, 0.3) is 16.7 Å². The van der Waals surface area contributed by atoms with Crippen LogP contribution in [0.2, 0.25) is 5.02 Å². The van der Waals surface area contributed by atoms with Crippen molar-refractivity contribution < 1.29 is 8.91 Å². The fourth-order valence-corrected chi connectivity index (χ4v) is 5.24. The molecule has 2 aromatic carbocycles. The van der Waals surface area contributed by atoms with Crippen LogP contribution in [-0.4, -0.2) is 19.9 Å². The Hall–Kier alpha value is -2.77. The number of hydrogen-bond acceptors (Lipinski definition) is 5. The van der Waals surface area contributed by atoms with Crippen molar-refractivity contribution in [2.45, 2.75) is 50.6 Å². The maximum atomic E-state index is 13.7. The van der Waals surface area contributed by atoms with Gasteiger partial charge >= 0.3 is 0 Å². The fraction of sp³-hybridized carbons (Fsp3) is 0.348. The molecule has 0 radical (unpaired) electrons. The second-order valence-electron chi connectivity index (χ2n) is 8.44. The highest BCUT2D eigenvalue weighted by molar-refractivity contribution is 6.30. The molecule has 0 amide bonds. The molecule has 0 unspecified atom stereocenters. The molecule has 1 fully saturated rings. The largest absolute Gasteiger partial charge is 0.356 e. The lowest BCUT2D eigenvalue weighted by Crippen LogP contribution is -2.17. The molecule has 31 heavy (non-hydrogen) atoms. The Morgan fingerprint density at radius 3 is 2.71 bits per heavy atom. The van der Waals surface area contributed by atoms with Gasteiger partial charge in [0.1, 0.15) is 11.6 Å². The van der Waals surface area contributed by atoms with Gasteiger partial charge in [0.25, 0.3) is 0 Å². The lowest BCUT2D eigenvalue weighted by atomic mass is 9.79. The maximum Gasteiger partial charge on any atom is 0.167 e. The molecule has 1 aliphatic heterocycles. The maximum absolute atomic E-state index is 13.7. The predicted molar refractivity (Wildman–Crippen MR) is 115 cm³/mol. The summed E-state index contributed by atoms with van der Waals surface area (Å²) >= 11 is 6.23. The van der Waals surface area contributed by atoms with Gasteiger partial charge in [0, 0.05) is 28.8 Å². The normalized spacial score (nSPS) is 21.0. The van der Waals surface area contributed by atoms with Gasteiger partial charge in [-0.2, -0.15) is 0 Å². The molecular formula is C23H21ClFN5O. The lowest BCUT2D eigenvalue weighted by molar-refractivity contribution is 0.360. The van der Waals surface area contributed by atoms with Crippen molar-refractivity contribution in [1.82, 2.24) is 25.2 Å². The number of benzene rings is 2. The first-order valence-electron chi connectivity index (χ1n) is 10.7. The molecule has 0 bridgehead atoms. The summed E-state index contributed by atoms with van der Waals surface area (Å²) in [5.74, 6) is 2.25. The van der Waals surface area contributed by atoms with Gasteiger partial charge in [-0.1, -0.05) is 16.8 Å². The summed E-state index contributed by atoms with van der Waals surface area (Å²) in [5.41, 5.74) is 3.77. The molecule has 2 aliphatic rings. The molecule has 3 heterocycles. The molecule has 158 valence electrons. The van der Waals surface area contributed by atoms with Crippen molar-refractivity contribution in [3.8, 4) is 5.69 Å². The molecular weight excluding hydrogens is 417 g/mol. The van der Waals surface area contributed by atoms with Crippen LogP contribution in [0.3, 0.4) is 0 Å². The molecule has 6 rings (SSSR count). The number of hydrogen-bond donors (Lipinski definition) is 1. The van der Waals surface area contributed by atoms with Crippen LogP contribution in [0.5, 0.6) is 0 Å². The van der Waals surface area contributed by atoms with E-state index in [-0.39, 0.29) is 11.7 Å². The number of rotatable bonds is 2. The molecule has 0 saturated heterocycles. The van der Waals surface area contributed by atoms with Gasteiger partial charge in [0.2, 0.25) is 0 Å². The SMILES string of the molecule is Fc1ccc2onc([C@H]3CC[C@H](c4nnc5n4-c4ccc(Cl)cc4CNC5)CC3)c2c1. The molecule has 1 N–H and O–H groups in total. The third kappa shape index (κ3) is 3.23. The summed E-state index contributed by atoms with van der Waals surface area (Å²) in [7, 11) is 0. The van der Waals surface area contributed by atoms with Crippen molar-refractivity contribution in [1.29, 1.82) is 0 Å². The summed E-state index contributed by atoms with van der Waals surface area (Å²) in [5, 5.41) is 18.3. The second-order valence-corrected chi connectivity index (χ2v) is 8.88. The zero-order valence-electron chi connectivity index (χ0n) is 16.8. The van der Waals surface area contributed by atoms with Crippen molar-refractivity contribution >= 4 is 22.6 Å². The summed E-state index contributed by atoms with van der Waals surface area (Å²) < 4.78 is 21.4. The van der Waals surface area contributed by atoms with E-state index in [4.69, 9.17) is 16.1 Å². The standard InChI is InChI=1S/C23H21ClFN5O/c24-16-5-7-19-15(9-16)11-26-12-21-27-28-23(30(19)21)14-3-1-13(2-4-14)22-18-10-17(25)6-8-20(18)31-29-22/h5-10,13-14,26H,1-4,11-12H2/t13-,14-. The van der Waals surface area contributed by atoms with Crippen LogP contribution in [0.1, 0.15) is 60.4 Å². The third-order valence-electron chi connectivity index (χ3n) is 6.58. The molecule has 4 aromatic rings. The molecule has 1 aliphatic carbocycles. The number of fused-ring (bicyclic) bond motifs is 4. The first-order valence-corrected chi connectivity index (χ1v) is 11.0. The average Bonchev–Trinajstić information content (AvgIpc) is 3.34. The van der Waals surface area contributed by atoms with Gasteiger partial charge in [-0.3, -0.25) is 4.57 Å². The van der Waals surface area contributed by atoms with Crippen molar-refractivity contribution in [2.75, 3.05) is 0 Å². The minimum Gasteiger partial charge on any atom is -0.356 e. The van der Waals surface area contributed by atoms with Crippen molar-refractivity contribution in [3.05, 3.63) is 70.1 Å². The second kappa shape index (κ2) is 7.43. The van der Waals surface area contributed by atoms with Gasteiger partial charge in [-0.15, -0.1) is 10.2 Å². The van der Waals surface area contributed by atoms with Crippen molar-refractivity contribution in [2.24, 2.45) is 0 Å². The highest BCUT2D eigenvalue weighted by Crippen LogP contribution is 2.42. The molecule has 2 aromatic heterocycles. The quantitative estimate of drug-likeness (QED) is 0.464. The van der Waals surface area contributed by atoms with Gasteiger partial charge in [-0.05, 0) is 67.6 Å². The Morgan fingerprint density at radius 2 is 1.84 bits per heavy atom. The fourth-order valence-electron chi connectivity index (χ4n) is 5.04. The molecule has 6 nitrogen and oxygen atoms in total. The third-order valence-corrected chi connectivity index (χ3v) is 6.81. The van der Waals surface area contributed by atoms with Crippen LogP contribution >= 0.6 is 11.6 Å². The number of halogens is 2. The highest BCUT2D eigenvalue weighted by Gasteiger charge is 2.31. The zero-order chi connectivity index (χ0) is 20.9. The Kier molecular flexibility index (Phi) is 4.54. The smallest absolute Gasteiger partial charge is 0.167 e. The Balaban J connectivity index is 1.29. The summed E-state index contributed by atoms with van der Waals surface area (Å²) in [4.78, 5) is 0. The van der Waals surface area contributed by atoms with Gasteiger partial charge in [-0.25, -0.2) is 4.39 Å². The first-order chi connectivity index (χ1) is 15.2. The molecule has 1 saturated carbocycles. The molecule has 0 spiro atoms. The van der Waals surface area contributed by atoms with Crippen LogP contribution < -0.4 is 5.32 Å². The lowest BCUT2D eigenvalue weighted by Gasteiger charge is -2.27. The van der Waals surface area contributed by atoms with Gasteiger partial charge < -0.3 is 9.84 Å². The van der Waals surface area contributed by atoms with Crippen molar-refractivity contribution in [3.63, 3.8) is 0 Å². The predicted octanol–water partition coefficient (Wildman–Crippen LogP) is 5.25. The summed E-state index contributed by atoms with van der Waals surface area (Å²) in [6, 6.07) is 10.6. The average molecular weight is 438 g/mol. The van der Waals surface area contributed by atoms with E-state index in [1.165, 1.54) is 12.1 Å². The topological polar surface area (TPSA) is 68.8 Å². The van der Waals surface area contributed by atoms with E-state index in [1.807, 2.05) is 12.1 Å². The highest BCUT2D eigenvalue weighted by atomic mass is 35.5. The monoisotopic (exact) mass is 437 g/mol. The molecule has 8 heteroatoms. The van der Waals surface area contributed by atoms with Crippen LogP contribution in [0.4, 0.5) is 4.39 Å². The summed E-state index contributed by atoms with van der Waals surface area (Å²) in [6.45, 7) is 1.42. The first kappa shape index (κ1) is 19.0. The minimum absolute atomic E-state index is 0.260.